The summed E-state index contributed by atoms with van der Waals surface area (Å²) >= 11 is 1.08. The van der Waals surface area contributed by atoms with Crippen LogP contribution in [0.5, 0.6) is 0 Å². The summed E-state index contributed by atoms with van der Waals surface area (Å²) in [4.78, 5) is 1.21. The quantitative estimate of drug-likeness (QED) is 0.888. The lowest BCUT2D eigenvalue weighted by molar-refractivity contribution is -0.148. The molecule has 0 aromatic carbocycles. The number of alkyl halides is 3. The van der Waals surface area contributed by atoms with Crippen LogP contribution >= 0.6 is 11.3 Å². The minimum atomic E-state index is -4.26. The third-order valence-electron chi connectivity index (χ3n) is 3.19. The number of thiophene rings is 1. The Labute approximate surface area is 125 Å². The number of halogens is 3. The maximum absolute atomic E-state index is 12.4. The molecule has 1 aliphatic heterocycles. The maximum Gasteiger partial charge on any atom is 0.401 e. The van der Waals surface area contributed by atoms with E-state index in [1.165, 1.54) is 15.3 Å². The molecule has 0 saturated carbocycles. The van der Waals surface area contributed by atoms with E-state index in [0.717, 1.165) is 16.9 Å². The molecule has 0 unspecified atom stereocenters. The van der Waals surface area contributed by atoms with Crippen molar-refractivity contribution < 1.29 is 21.6 Å². The summed E-state index contributed by atoms with van der Waals surface area (Å²) in [5, 5.41) is 1.67. The fourth-order valence-corrected chi connectivity index (χ4v) is 4.90. The summed E-state index contributed by atoms with van der Waals surface area (Å²) in [6, 6.07) is 1.52. The van der Waals surface area contributed by atoms with Crippen LogP contribution < -0.4 is 5.73 Å². The third-order valence-corrected chi connectivity index (χ3v) is 6.56. The molecule has 21 heavy (non-hydrogen) atoms. The number of hydrogen-bond acceptors (Lipinski definition) is 5. The molecule has 0 radical (unpaired) electrons. The summed E-state index contributed by atoms with van der Waals surface area (Å²) in [7, 11) is -3.63. The molecule has 0 amide bonds. The van der Waals surface area contributed by atoms with Crippen LogP contribution in [0, 0.1) is 0 Å². The van der Waals surface area contributed by atoms with Crippen LogP contribution in [0.25, 0.3) is 0 Å². The van der Waals surface area contributed by atoms with Gasteiger partial charge in [-0.1, -0.05) is 0 Å². The van der Waals surface area contributed by atoms with Gasteiger partial charge in [0.1, 0.15) is 4.21 Å². The monoisotopic (exact) mass is 343 g/mol. The zero-order valence-corrected chi connectivity index (χ0v) is 12.8. The maximum atomic E-state index is 12.4. The summed E-state index contributed by atoms with van der Waals surface area (Å²) in [6.07, 6.45) is -4.26. The molecule has 10 heteroatoms. The normalized spacial score (nSPS) is 19.0. The smallest absolute Gasteiger partial charge is 0.326 e. The zero-order valence-electron chi connectivity index (χ0n) is 11.1. The van der Waals surface area contributed by atoms with Gasteiger partial charge < -0.3 is 5.73 Å². The van der Waals surface area contributed by atoms with Gasteiger partial charge in [-0.15, -0.1) is 11.3 Å². The van der Waals surface area contributed by atoms with Gasteiger partial charge in [-0.05, 0) is 17.0 Å². The summed E-state index contributed by atoms with van der Waals surface area (Å²) in [5.41, 5.74) is 6.18. The van der Waals surface area contributed by atoms with E-state index in [4.69, 9.17) is 5.73 Å². The van der Waals surface area contributed by atoms with Crippen molar-refractivity contribution in [3.05, 3.63) is 17.0 Å². The molecular formula is C11H16F3N3O2S2. The van der Waals surface area contributed by atoms with Gasteiger partial charge in [0.25, 0.3) is 10.0 Å². The molecule has 0 bridgehead atoms. The Bertz CT molecular complexity index is 578. The summed E-state index contributed by atoms with van der Waals surface area (Å²) in [6.45, 7) is -0.465. The van der Waals surface area contributed by atoms with E-state index in [9.17, 15) is 21.6 Å². The Balaban J connectivity index is 2.01. The van der Waals surface area contributed by atoms with Crippen LogP contribution in [0.15, 0.2) is 15.7 Å². The molecule has 1 saturated heterocycles. The zero-order chi connectivity index (χ0) is 15.7. The van der Waals surface area contributed by atoms with Crippen LogP contribution in [0.2, 0.25) is 0 Å². The highest BCUT2D eigenvalue weighted by atomic mass is 32.2. The fraction of sp³-hybridized carbons (Fsp3) is 0.636. The lowest BCUT2D eigenvalue weighted by atomic mass is 10.3. The fourth-order valence-electron chi connectivity index (χ4n) is 2.10. The molecule has 1 fully saturated rings. The lowest BCUT2D eigenvalue weighted by Crippen LogP contribution is -2.50. The van der Waals surface area contributed by atoms with E-state index in [-0.39, 0.29) is 36.9 Å². The highest BCUT2D eigenvalue weighted by Crippen LogP contribution is 2.25. The van der Waals surface area contributed by atoms with Crippen molar-refractivity contribution in [3.63, 3.8) is 0 Å². The van der Waals surface area contributed by atoms with E-state index in [1.54, 1.807) is 5.38 Å². The van der Waals surface area contributed by atoms with Crippen molar-refractivity contribution in [1.29, 1.82) is 0 Å². The molecule has 0 atom stereocenters. The Morgan fingerprint density at radius 1 is 1.24 bits per heavy atom. The lowest BCUT2D eigenvalue weighted by Gasteiger charge is -2.33. The second-order valence-corrected chi connectivity index (χ2v) is 7.85. The van der Waals surface area contributed by atoms with Gasteiger partial charge in [0, 0.05) is 32.7 Å². The molecule has 2 heterocycles. The average molecular weight is 343 g/mol. The number of nitrogens with zero attached hydrogens (tertiary/aromatic N) is 2. The van der Waals surface area contributed by atoms with E-state index >= 15 is 0 Å². The minimum absolute atomic E-state index is 0.0638. The van der Waals surface area contributed by atoms with Gasteiger partial charge in [0.2, 0.25) is 0 Å². The van der Waals surface area contributed by atoms with E-state index < -0.39 is 22.7 Å². The van der Waals surface area contributed by atoms with Crippen LogP contribution in [0.1, 0.15) is 5.56 Å². The highest BCUT2D eigenvalue weighted by Gasteiger charge is 2.35. The van der Waals surface area contributed by atoms with Crippen molar-refractivity contribution in [2.24, 2.45) is 5.73 Å². The minimum Gasteiger partial charge on any atom is -0.326 e. The van der Waals surface area contributed by atoms with Crippen molar-refractivity contribution >= 4 is 21.4 Å². The van der Waals surface area contributed by atoms with Gasteiger partial charge in [-0.2, -0.15) is 17.5 Å². The molecular weight excluding hydrogens is 327 g/mol. The van der Waals surface area contributed by atoms with E-state index in [0.29, 0.717) is 0 Å². The van der Waals surface area contributed by atoms with Crippen molar-refractivity contribution in [3.8, 4) is 0 Å². The second-order valence-electron chi connectivity index (χ2n) is 4.77. The molecule has 1 aromatic rings. The first-order valence-electron chi connectivity index (χ1n) is 6.29. The van der Waals surface area contributed by atoms with Crippen LogP contribution in [0.3, 0.4) is 0 Å². The molecule has 0 aliphatic carbocycles. The van der Waals surface area contributed by atoms with E-state index in [1.807, 2.05) is 0 Å². The van der Waals surface area contributed by atoms with Crippen LogP contribution in [-0.2, 0) is 16.6 Å². The molecule has 1 aromatic heterocycles. The Hall–Kier alpha value is -0.680. The summed E-state index contributed by atoms with van der Waals surface area (Å²) < 4.78 is 63.0. The first-order valence-corrected chi connectivity index (χ1v) is 8.61. The molecule has 5 nitrogen and oxygen atoms in total. The van der Waals surface area contributed by atoms with Gasteiger partial charge in [-0.3, -0.25) is 4.90 Å². The Morgan fingerprint density at radius 3 is 2.33 bits per heavy atom. The predicted molar refractivity (Wildman–Crippen MR) is 73.5 cm³/mol. The highest BCUT2D eigenvalue weighted by molar-refractivity contribution is 7.91. The molecule has 2 N–H and O–H groups in total. The van der Waals surface area contributed by atoms with Gasteiger partial charge in [0.05, 0.1) is 6.54 Å². The number of sulfonamides is 1. The van der Waals surface area contributed by atoms with Gasteiger partial charge in [-0.25, -0.2) is 8.42 Å². The number of hydrogen-bond donors (Lipinski definition) is 1. The molecule has 2 rings (SSSR count). The third kappa shape index (κ3) is 4.16. The molecule has 0 spiro atoms. The number of rotatable bonds is 4. The average Bonchev–Trinajstić information content (AvgIpc) is 2.87. The van der Waals surface area contributed by atoms with Crippen molar-refractivity contribution in [2.75, 3.05) is 32.7 Å². The van der Waals surface area contributed by atoms with Crippen molar-refractivity contribution in [1.82, 2.24) is 9.21 Å². The predicted octanol–water partition coefficient (Wildman–Crippen LogP) is 1.08. The SMILES string of the molecule is NCc1csc(S(=O)(=O)N2CCN(CC(F)(F)F)CC2)c1. The van der Waals surface area contributed by atoms with Gasteiger partial charge >= 0.3 is 6.18 Å². The molecule has 1 aliphatic rings. The Kier molecular flexibility index (Phi) is 4.93. The summed E-state index contributed by atoms with van der Waals surface area (Å²) in [5.74, 6) is 0. The van der Waals surface area contributed by atoms with Crippen LogP contribution in [0.4, 0.5) is 13.2 Å². The standard InChI is InChI=1S/C11H16F3N3O2S2/c12-11(13,14)8-16-1-3-17(4-2-16)21(18,19)10-5-9(6-15)7-20-10/h5,7H,1-4,6,8,15H2. The number of piperazine rings is 1. The second kappa shape index (κ2) is 6.21. The van der Waals surface area contributed by atoms with Crippen molar-refractivity contribution in [2.45, 2.75) is 16.9 Å². The first-order chi connectivity index (χ1) is 9.72. The van der Waals surface area contributed by atoms with Crippen LogP contribution in [-0.4, -0.2) is 56.5 Å². The number of nitrogens with two attached hydrogens (primary N) is 1. The van der Waals surface area contributed by atoms with E-state index in [2.05, 4.69) is 0 Å². The van der Waals surface area contributed by atoms with Gasteiger partial charge in [0.15, 0.2) is 0 Å². The Morgan fingerprint density at radius 2 is 1.86 bits per heavy atom. The molecule has 120 valence electrons. The first kappa shape index (κ1) is 16.7. The topological polar surface area (TPSA) is 66.6 Å². The largest absolute Gasteiger partial charge is 0.401 e.